The number of para-hydroxylation sites is 1. The van der Waals surface area contributed by atoms with E-state index in [1.807, 2.05) is 43.0 Å². The molecule has 0 atom stereocenters. The molecule has 1 fully saturated rings. The zero-order chi connectivity index (χ0) is 26.4. The second-order valence-corrected chi connectivity index (χ2v) is 9.26. The van der Waals surface area contributed by atoms with Crippen LogP contribution in [0.25, 0.3) is 0 Å². The third-order valence-corrected chi connectivity index (χ3v) is 7.01. The summed E-state index contributed by atoms with van der Waals surface area (Å²) in [6.45, 7) is 7.61. The molecule has 2 amide bonds. The molecule has 0 bridgehead atoms. The van der Waals surface area contributed by atoms with E-state index in [4.69, 9.17) is 5.73 Å². The van der Waals surface area contributed by atoms with E-state index < -0.39 is 11.7 Å². The predicted molar refractivity (Wildman–Crippen MR) is 143 cm³/mol. The third kappa shape index (κ3) is 5.97. The van der Waals surface area contributed by atoms with E-state index in [1.165, 1.54) is 17.7 Å². The fourth-order valence-corrected chi connectivity index (χ4v) is 5.02. The molecule has 2 heterocycles. The second-order valence-electron chi connectivity index (χ2n) is 9.26. The van der Waals surface area contributed by atoms with Gasteiger partial charge in [0.2, 0.25) is 0 Å². The number of pyridine rings is 1. The average molecular weight is 504 g/mol. The number of rotatable bonds is 9. The van der Waals surface area contributed by atoms with Crippen molar-refractivity contribution in [2.75, 3.05) is 31.1 Å². The van der Waals surface area contributed by atoms with Crippen molar-refractivity contribution in [1.82, 2.24) is 14.8 Å². The van der Waals surface area contributed by atoms with Crippen LogP contribution in [0.1, 0.15) is 53.0 Å². The highest BCUT2D eigenvalue weighted by Crippen LogP contribution is 2.36. The maximum atomic E-state index is 15.3. The predicted octanol–water partition coefficient (Wildman–Crippen LogP) is 4.60. The van der Waals surface area contributed by atoms with Crippen LogP contribution in [0.3, 0.4) is 0 Å². The number of nitrogens with zero attached hydrogens (tertiary/aromatic N) is 4. The summed E-state index contributed by atoms with van der Waals surface area (Å²) in [5.74, 6) is -1.22. The molecule has 37 heavy (non-hydrogen) atoms. The van der Waals surface area contributed by atoms with E-state index in [1.54, 1.807) is 35.5 Å². The topological polar surface area (TPSA) is 82.8 Å². The minimum absolute atomic E-state index is 0.0452. The van der Waals surface area contributed by atoms with Gasteiger partial charge >= 0.3 is 0 Å². The Morgan fingerprint density at radius 2 is 1.65 bits per heavy atom. The number of hydrogen-bond acceptors (Lipinski definition) is 5. The van der Waals surface area contributed by atoms with Crippen molar-refractivity contribution in [3.8, 4) is 0 Å². The quantitative estimate of drug-likeness (QED) is 0.461. The largest absolute Gasteiger partial charge is 0.366 e. The monoisotopic (exact) mass is 503 g/mol. The molecule has 0 spiro atoms. The van der Waals surface area contributed by atoms with Gasteiger partial charge in [-0.1, -0.05) is 6.07 Å². The fraction of sp³-hybridized carbons (Fsp3) is 0.345. The highest BCUT2D eigenvalue weighted by atomic mass is 19.1. The highest BCUT2D eigenvalue weighted by molar-refractivity contribution is 6.00. The Kier molecular flexibility index (Phi) is 8.50. The molecule has 0 radical (unpaired) electrons. The molecule has 194 valence electrons. The van der Waals surface area contributed by atoms with Crippen LogP contribution in [0.4, 0.5) is 15.8 Å². The van der Waals surface area contributed by atoms with Crippen LogP contribution >= 0.6 is 0 Å². The van der Waals surface area contributed by atoms with E-state index in [0.717, 1.165) is 38.2 Å². The molecule has 1 saturated heterocycles. The molecule has 2 N–H and O–H groups in total. The van der Waals surface area contributed by atoms with E-state index >= 15 is 4.39 Å². The standard InChI is InChI=1S/C29H34FN5O2/c1-3-34(4-2)29(37)22-8-10-23(11-9-22)35(27-25(28(31)36)6-5-7-26(27)30)24-14-18-33(19-15-24)20-21-12-16-32-17-13-21/h5-13,16-17,24H,3-4,14-15,18-20H2,1-2H3,(H2,31,36). The smallest absolute Gasteiger partial charge is 0.253 e. The lowest BCUT2D eigenvalue weighted by Crippen LogP contribution is -2.43. The van der Waals surface area contributed by atoms with Crippen molar-refractivity contribution in [1.29, 1.82) is 0 Å². The first-order valence-electron chi connectivity index (χ1n) is 12.8. The minimum atomic E-state index is -0.678. The van der Waals surface area contributed by atoms with Crippen LogP contribution in [-0.4, -0.2) is 58.8 Å². The molecular formula is C29H34FN5O2. The van der Waals surface area contributed by atoms with Gasteiger partial charge in [0.15, 0.2) is 0 Å². The molecule has 4 rings (SSSR count). The number of benzene rings is 2. The van der Waals surface area contributed by atoms with Gasteiger partial charge in [-0.3, -0.25) is 19.5 Å². The van der Waals surface area contributed by atoms with Gasteiger partial charge in [0, 0.05) is 62.4 Å². The molecule has 1 aromatic heterocycles. The Hall–Kier alpha value is -3.78. The molecule has 0 saturated carbocycles. The van der Waals surface area contributed by atoms with Crippen molar-refractivity contribution in [2.24, 2.45) is 5.73 Å². The van der Waals surface area contributed by atoms with Crippen molar-refractivity contribution in [3.63, 3.8) is 0 Å². The number of nitrogens with two attached hydrogens (primary N) is 1. The zero-order valence-corrected chi connectivity index (χ0v) is 21.4. The van der Waals surface area contributed by atoms with Gasteiger partial charge < -0.3 is 15.5 Å². The summed E-state index contributed by atoms with van der Waals surface area (Å²) in [5, 5.41) is 0. The minimum Gasteiger partial charge on any atom is -0.366 e. The van der Waals surface area contributed by atoms with E-state index in [-0.39, 0.29) is 23.2 Å². The molecule has 8 heteroatoms. The van der Waals surface area contributed by atoms with Gasteiger partial charge in [0.05, 0.1) is 11.3 Å². The lowest BCUT2D eigenvalue weighted by Gasteiger charge is -2.40. The van der Waals surface area contributed by atoms with Crippen molar-refractivity contribution in [3.05, 3.63) is 89.5 Å². The SMILES string of the molecule is CCN(CC)C(=O)c1ccc(N(c2c(F)cccc2C(N)=O)C2CCN(Cc3ccncc3)CC2)cc1. The van der Waals surface area contributed by atoms with Crippen LogP contribution in [-0.2, 0) is 6.54 Å². The lowest BCUT2D eigenvalue weighted by atomic mass is 9.98. The Balaban J connectivity index is 1.64. The summed E-state index contributed by atoms with van der Waals surface area (Å²) < 4.78 is 15.3. The van der Waals surface area contributed by atoms with E-state index in [2.05, 4.69) is 9.88 Å². The Morgan fingerprint density at radius 3 is 2.24 bits per heavy atom. The third-order valence-electron chi connectivity index (χ3n) is 7.01. The second kappa shape index (κ2) is 12.0. The maximum absolute atomic E-state index is 15.3. The number of likely N-dealkylation sites (tertiary alicyclic amines) is 1. The molecule has 3 aromatic rings. The molecule has 7 nitrogen and oxygen atoms in total. The molecule has 2 aromatic carbocycles. The van der Waals surface area contributed by atoms with Crippen molar-refractivity contribution >= 4 is 23.2 Å². The maximum Gasteiger partial charge on any atom is 0.253 e. The molecule has 1 aliphatic heterocycles. The Labute approximate surface area is 217 Å². The summed E-state index contributed by atoms with van der Waals surface area (Å²) in [6.07, 6.45) is 5.14. The van der Waals surface area contributed by atoms with Gasteiger partial charge in [0.1, 0.15) is 5.82 Å². The van der Waals surface area contributed by atoms with E-state index in [9.17, 15) is 9.59 Å². The van der Waals surface area contributed by atoms with Gasteiger partial charge in [-0.2, -0.15) is 0 Å². The summed E-state index contributed by atoms with van der Waals surface area (Å²) in [4.78, 5) is 35.2. The van der Waals surface area contributed by atoms with Gasteiger partial charge in [0.25, 0.3) is 11.8 Å². The summed E-state index contributed by atoms with van der Waals surface area (Å²) in [5.41, 5.74) is 8.48. The van der Waals surface area contributed by atoms with Gasteiger partial charge in [-0.15, -0.1) is 0 Å². The number of halogens is 1. The van der Waals surface area contributed by atoms with Gasteiger partial charge in [-0.25, -0.2) is 4.39 Å². The first kappa shape index (κ1) is 26.3. The van der Waals surface area contributed by atoms with E-state index in [0.29, 0.717) is 18.7 Å². The fourth-order valence-electron chi connectivity index (χ4n) is 5.02. The zero-order valence-electron chi connectivity index (χ0n) is 21.4. The number of piperidine rings is 1. The van der Waals surface area contributed by atoms with Crippen molar-refractivity contribution in [2.45, 2.75) is 39.3 Å². The Bertz CT molecular complexity index is 1210. The molecule has 0 unspecified atom stereocenters. The number of primary amides is 1. The summed E-state index contributed by atoms with van der Waals surface area (Å²) >= 11 is 0. The number of carbonyl (C=O) groups is 2. The lowest BCUT2D eigenvalue weighted by molar-refractivity contribution is 0.0772. The van der Waals surface area contributed by atoms with Crippen LogP contribution in [0.15, 0.2) is 67.0 Å². The first-order chi connectivity index (χ1) is 17.9. The average Bonchev–Trinajstić information content (AvgIpc) is 2.92. The Morgan fingerprint density at radius 1 is 1.00 bits per heavy atom. The highest BCUT2D eigenvalue weighted by Gasteiger charge is 2.30. The number of hydrogen-bond donors (Lipinski definition) is 1. The number of amides is 2. The van der Waals surface area contributed by atoms with Crippen LogP contribution in [0.2, 0.25) is 0 Å². The number of carbonyl (C=O) groups excluding carboxylic acids is 2. The van der Waals surface area contributed by atoms with Crippen LogP contribution in [0, 0.1) is 5.82 Å². The first-order valence-corrected chi connectivity index (χ1v) is 12.8. The molecule has 0 aliphatic carbocycles. The molecule has 1 aliphatic rings. The summed E-state index contributed by atoms with van der Waals surface area (Å²) in [7, 11) is 0. The number of anilines is 2. The summed E-state index contributed by atoms with van der Waals surface area (Å²) in [6, 6.07) is 15.6. The van der Waals surface area contributed by atoms with Crippen LogP contribution < -0.4 is 10.6 Å². The molecular weight excluding hydrogens is 469 g/mol. The van der Waals surface area contributed by atoms with Crippen molar-refractivity contribution < 1.29 is 14.0 Å². The van der Waals surface area contributed by atoms with Gasteiger partial charge in [-0.05, 0) is 80.8 Å². The number of aromatic nitrogens is 1. The normalized spacial score (nSPS) is 14.4. The van der Waals surface area contributed by atoms with Crippen LogP contribution in [0.5, 0.6) is 0 Å².